The van der Waals surface area contributed by atoms with Crippen LogP contribution in [-0.2, 0) is 6.54 Å². The van der Waals surface area contributed by atoms with E-state index in [0.29, 0.717) is 23.5 Å². The summed E-state index contributed by atoms with van der Waals surface area (Å²) in [4.78, 5) is 18.1. The second-order valence-electron chi connectivity index (χ2n) is 5.45. The lowest BCUT2D eigenvalue weighted by molar-refractivity contribution is 0.0996. The summed E-state index contributed by atoms with van der Waals surface area (Å²) >= 11 is 0. The van der Waals surface area contributed by atoms with Crippen molar-refractivity contribution >= 4 is 11.6 Å². The Bertz CT molecular complexity index is 912. The van der Waals surface area contributed by atoms with E-state index in [-0.39, 0.29) is 11.7 Å². The Morgan fingerprint density at radius 2 is 1.96 bits per heavy atom. The standard InChI is InChI=1S/C19H13FN2O2/c20-17-8-7-14(10-18(17)24-15-5-3-9-21-11-15)22-12-13-4-1-2-6-16(13)19(22)23/h1-11H,12H2. The minimum absolute atomic E-state index is 0.0595. The van der Waals surface area contributed by atoms with Gasteiger partial charge in [0.1, 0.15) is 5.75 Å². The van der Waals surface area contributed by atoms with Crippen LogP contribution >= 0.6 is 0 Å². The van der Waals surface area contributed by atoms with E-state index in [9.17, 15) is 9.18 Å². The van der Waals surface area contributed by atoms with Crippen molar-refractivity contribution in [2.24, 2.45) is 0 Å². The lowest BCUT2D eigenvalue weighted by Gasteiger charge is -2.17. The van der Waals surface area contributed by atoms with Crippen LogP contribution in [0.2, 0.25) is 0 Å². The molecule has 0 saturated heterocycles. The van der Waals surface area contributed by atoms with E-state index in [4.69, 9.17) is 4.74 Å². The number of pyridine rings is 1. The molecule has 0 bridgehead atoms. The fourth-order valence-electron chi connectivity index (χ4n) is 2.74. The highest BCUT2D eigenvalue weighted by Crippen LogP contribution is 2.33. The van der Waals surface area contributed by atoms with Crippen molar-refractivity contribution in [2.75, 3.05) is 4.90 Å². The van der Waals surface area contributed by atoms with Gasteiger partial charge in [0.2, 0.25) is 0 Å². The van der Waals surface area contributed by atoms with Crippen LogP contribution in [-0.4, -0.2) is 10.9 Å². The number of amides is 1. The summed E-state index contributed by atoms with van der Waals surface area (Å²) in [6.07, 6.45) is 3.11. The second-order valence-corrected chi connectivity index (χ2v) is 5.45. The van der Waals surface area contributed by atoms with E-state index in [2.05, 4.69) is 4.98 Å². The molecule has 0 radical (unpaired) electrons. The molecule has 0 unspecified atom stereocenters. The topological polar surface area (TPSA) is 42.4 Å². The minimum atomic E-state index is -0.494. The molecule has 5 heteroatoms. The van der Waals surface area contributed by atoms with Gasteiger partial charge in [-0.3, -0.25) is 9.78 Å². The highest BCUT2D eigenvalue weighted by Gasteiger charge is 2.28. The number of hydrogen-bond acceptors (Lipinski definition) is 3. The van der Waals surface area contributed by atoms with Gasteiger partial charge in [0.25, 0.3) is 5.91 Å². The van der Waals surface area contributed by atoms with Crippen molar-refractivity contribution in [3.63, 3.8) is 0 Å². The van der Waals surface area contributed by atoms with Gasteiger partial charge in [-0.2, -0.15) is 0 Å². The average molecular weight is 320 g/mol. The zero-order valence-corrected chi connectivity index (χ0v) is 12.6. The molecule has 0 fully saturated rings. The molecule has 4 rings (SSSR count). The van der Waals surface area contributed by atoms with Gasteiger partial charge in [0.05, 0.1) is 12.7 Å². The molecule has 0 spiro atoms. The van der Waals surface area contributed by atoms with E-state index in [0.717, 1.165) is 5.56 Å². The van der Waals surface area contributed by atoms with Gasteiger partial charge in [-0.1, -0.05) is 18.2 Å². The molecule has 1 amide bonds. The summed E-state index contributed by atoms with van der Waals surface area (Å²) in [6, 6.07) is 15.3. The van der Waals surface area contributed by atoms with Crippen LogP contribution in [0.15, 0.2) is 67.0 Å². The molecule has 1 aromatic heterocycles. The number of aromatic nitrogens is 1. The van der Waals surface area contributed by atoms with Crippen LogP contribution in [0.4, 0.5) is 10.1 Å². The number of nitrogens with zero attached hydrogens (tertiary/aromatic N) is 2. The second kappa shape index (κ2) is 5.77. The number of fused-ring (bicyclic) bond motifs is 1. The summed E-state index contributed by atoms with van der Waals surface area (Å²) in [6.45, 7) is 0.465. The number of ether oxygens (including phenoxy) is 1. The molecule has 0 aliphatic carbocycles. The number of hydrogen-bond donors (Lipinski definition) is 0. The first kappa shape index (κ1) is 14.4. The molecule has 0 saturated carbocycles. The van der Waals surface area contributed by atoms with Crippen molar-refractivity contribution in [3.8, 4) is 11.5 Å². The van der Waals surface area contributed by atoms with E-state index in [1.807, 2.05) is 18.2 Å². The maximum absolute atomic E-state index is 14.1. The van der Waals surface area contributed by atoms with Crippen molar-refractivity contribution in [3.05, 3.63) is 83.9 Å². The normalized spacial score (nSPS) is 13.0. The van der Waals surface area contributed by atoms with E-state index >= 15 is 0 Å². The van der Waals surface area contributed by atoms with Crippen molar-refractivity contribution < 1.29 is 13.9 Å². The molecule has 2 heterocycles. The predicted octanol–water partition coefficient (Wildman–Crippen LogP) is 4.17. The molecule has 0 N–H and O–H groups in total. The van der Waals surface area contributed by atoms with E-state index < -0.39 is 5.82 Å². The molecule has 0 atom stereocenters. The third kappa shape index (κ3) is 2.50. The van der Waals surface area contributed by atoms with E-state index in [1.165, 1.54) is 18.3 Å². The molecule has 3 aromatic rings. The number of anilines is 1. The van der Waals surface area contributed by atoms with Crippen LogP contribution in [0.1, 0.15) is 15.9 Å². The van der Waals surface area contributed by atoms with Gasteiger partial charge in [-0.25, -0.2) is 4.39 Å². The number of benzene rings is 2. The first-order chi connectivity index (χ1) is 11.7. The van der Waals surface area contributed by atoms with E-state index in [1.54, 1.807) is 35.4 Å². The summed E-state index contributed by atoms with van der Waals surface area (Å²) in [5.41, 5.74) is 2.23. The van der Waals surface area contributed by atoms with Crippen LogP contribution in [0, 0.1) is 5.82 Å². The van der Waals surface area contributed by atoms with Crippen molar-refractivity contribution in [1.82, 2.24) is 4.98 Å². The molecular weight excluding hydrogens is 307 g/mol. The summed E-state index contributed by atoms with van der Waals surface area (Å²) in [5, 5.41) is 0. The fourth-order valence-corrected chi connectivity index (χ4v) is 2.74. The Labute approximate surface area is 138 Å². The molecular formula is C19H13FN2O2. The third-order valence-electron chi connectivity index (χ3n) is 3.91. The minimum Gasteiger partial charge on any atom is -0.453 e. The first-order valence-corrected chi connectivity index (χ1v) is 7.49. The molecule has 2 aromatic carbocycles. The first-order valence-electron chi connectivity index (χ1n) is 7.49. The molecule has 24 heavy (non-hydrogen) atoms. The Balaban J connectivity index is 1.66. The van der Waals surface area contributed by atoms with Gasteiger partial charge < -0.3 is 9.64 Å². The number of rotatable bonds is 3. The Hall–Kier alpha value is -3.21. The molecule has 1 aliphatic heterocycles. The number of halogens is 1. The van der Waals surface area contributed by atoms with Crippen LogP contribution in [0.5, 0.6) is 11.5 Å². The average Bonchev–Trinajstić information content (AvgIpc) is 2.95. The third-order valence-corrected chi connectivity index (χ3v) is 3.91. The van der Waals surface area contributed by atoms with Gasteiger partial charge in [0.15, 0.2) is 11.6 Å². The van der Waals surface area contributed by atoms with Crippen molar-refractivity contribution in [2.45, 2.75) is 6.54 Å². The SMILES string of the molecule is O=C1c2ccccc2CN1c1ccc(F)c(Oc2cccnc2)c1. The van der Waals surface area contributed by atoms with Gasteiger partial charge >= 0.3 is 0 Å². The lowest BCUT2D eigenvalue weighted by Crippen LogP contribution is -2.23. The van der Waals surface area contributed by atoms with Gasteiger partial charge in [-0.05, 0) is 35.9 Å². The predicted molar refractivity (Wildman–Crippen MR) is 87.7 cm³/mol. The summed E-state index contributed by atoms with van der Waals surface area (Å²) in [7, 11) is 0. The zero-order valence-electron chi connectivity index (χ0n) is 12.6. The quantitative estimate of drug-likeness (QED) is 0.727. The van der Waals surface area contributed by atoms with Crippen LogP contribution in [0.25, 0.3) is 0 Å². The Morgan fingerprint density at radius 3 is 2.75 bits per heavy atom. The monoisotopic (exact) mass is 320 g/mol. The molecule has 1 aliphatic rings. The highest BCUT2D eigenvalue weighted by molar-refractivity contribution is 6.10. The number of carbonyl (C=O) groups excluding carboxylic acids is 1. The Morgan fingerprint density at radius 1 is 1.08 bits per heavy atom. The molecule has 118 valence electrons. The maximum atomic E-state index is 14.1. The smallest absolute Gasteiger partial charge is 0.258 e. The number of carbonyl (C=O) groups is 1. The van der Waals surface area contributed by atoms with Crippen LogP contribution < -0.4 is 9.64 Å². The summed E-state index contributed by atoms with van der Waals surface area (Å²) in [5.74, 6) is -0.0925. The van der Waals surface area contributed by atoms with Crippen molar-refractivity contribution in [1.29, 1.82) is 0 Å². The maximum Gasteiger partial charge on any atom is 0.258 e. The highest BCUT2D eigenvalue weighted by atomic mass is 19.1. The van der Waals surface area contributed by atoms with Gasteiger partial charge in [0, 0.05) is 23.5 Å². The lowest BCUT2D eigenvalue weighted by atomic mass is 10.1. The van der Waals surface area contributed by atoms with Gasteiger partial charge in [-0.15, -0.1) is 0 Å². The molecule has 4 nitrogen and oxygen atoms in total. The van der Waals surface area contributed by atoms with Crippen LogP contribution in [0.3, 0.4) is 0 Å². The zero-order chi connectivity index (χ0) is 16.5. The summed E-state index contributed by atoms with van der Waals surface area (Å²) < 4.78 is 19.6. The Kier molecular flexibility index (Phi) is 3.46. The fraction of sp³-hybridized carbons (Fsp3) is 0.0526. The largest absolute Gasteiger partial charge is 0.453 e.